The van der Waals surface area contributed by atoms with Crippen LogP contribution in [0.5, 0.6) is 5.88 Å². The number of aromatic hydroxyl groups is 1. The Hall–Kier alpha value is -3.49. The summed E-state index contributed by atoms with van der Waals surface area (Å²) in [6, 6.07) is 0. The van der Waals surface area contributed by atoms with Crippen molar-refractivity contribution in [1.82, 2.24) is 9.97 Å². The van der Waals surface area contributed by atoms with Gasteiger partial charge in [-0.2, -0.15) is 4.98 Å². The predicted molar refractivity (Wildman–Crippen MR) is 81.9 cm³/mol. The number of hydrogen-bond donors (Lipinski definition) is 2. The van der Waals surface area contributed by atoms with E-state index in [0.29, 0.717) is 0 Å². The first-order valence-corrected chi connectivity index (χ1v) is 6.88. The van der Waals surface area contributed by atoms with E-state index in [4.69, 9.17) is 4.74 Å². The fourth-order valence-electron chi connectivity index (χ4n) is 2.36. The molecule has 24 heavy (non-hydrogen) atoms. The molecule has 1 aliphatic heterocycles. The highest BCUT2D eigenvalue weighted by atomic mass is 16.6. The maximum atomic E-state index is 12.3. The molecule has 0 bridgehead atoms. The molecule has 2 heterocycles. The van der Waals surface area contributed by atoms with Crippen LogP contribution in [-0.4, -0.2) is 31.9 Å². The Morgan fingerprint density at radius 3 is 2.75 bits per heavy atom. The lowest BCUT2D eigenvalue weighted by atomic mass is 9.88. The van der Waals surface area contributed by atoms with E-state index in [2.05, 4.69) is 9.97 Å². The molecule has 2 N–H and O–H groups in total. The minimum atomic E-state index is -1.09. The van der Waals surface area contributed by atoms with Gasteiger partial charge in [0.1, 0.15) is 11.9 Å². The second kappa shape index (κ2) is 5.95. The smallest absolute Gasteiger partial charge is 0.395 e. The van der Waals surface area contributed by atoms with Crippen LogP contribution in [0.25, 0.3) is 6.08 Å². The number of carbonyl (C=O) groups is 1. The quantitative estimate of drug-likeness (QED) is 0.623. The van der Waals surface area contributed by atoms with Gasteiger partial charge >= 0.3 is 11.2 Å². The zero-order valence-corrected chi connectivity index (χ0v) is 12.1. The van der Waals surface area contributed by atoms with Gasteiger partial charge in [-0.05, 0) is 18.2 Å². The third kappa shape index (κ3) is 2.74. The SMILES string of the molecule is O=C1C(/C=C/c2nc(O)c([N+](=O)[O-])c(=O)[nH]2)=CO[C@@H]2C=CC=C[C@@H]12. The molecule has 2 atom stereocenters. The molecule has 0 saturated heterocycles. The molecule has 0 radical (unpaired) electrons. The lowest BCUT2D eigenvalue weighted by Gasteiger charge is -2.27. The lowest BCUT2D eigenvalue weighted by Crippen LogP contribution is -2.32. The van der Waals surface area contributed by atoms with Crippen molar-refractivity contribution >= 4 is 17.5 Å². The number of nitro groups is 1. The molecular weight excluding hydrogens is 318 g/mol. The molecule has 0 saturated carbocycles. The van der Waals surface area contributed by atoms with Crippen LogP contribution < -0.4 is 5.56 Å². The summed E-state index contributed by atoms with van der Waals surface area (Å²) in [6.45, 7) is 0. The zero-order chi connectivity index (χ0) is 17.3. The molecule has 2 aliphatic rings. The highest BCUT2D eigenvalue weighted by molar-refractivity contribution is 6.02. The van der Waals surface area contributed by atoms with E-state index in [1.807, 2.05) is 0 Å². The summed E-state index contributed by atoms with van der Waals surface area (Å²) < 4.78 is 5.45. The van der Waals surface area contributed by atoms with Gasteiger partial charge in [-0.15, -0.1) is 0 Å². The van der Waals surface area contributed by atoms with E-state index in [1.54, 1.807) is 24.3 Å². The minimum Gasteiger partial charge on any atom is -0.492 e. The normalized spacial score (nSPS) is 22.2. The van der Waals surface area contributed by atoms with Crippen LogP contribution in [0, 0.1) is 16.0 Å². The summed E-state index contributed by atoms with van der Waals surface area (Å²) >= 11 is 0. The fraction of sp³-hybridized carbons (Fsp3) is 0.133. The Morgan fingerprint density at radius 2 is 2.04 bits per heavy atom. The molecule has 1 aromatic rings. The third-order valence-corrected chi connectivity index (χ3v) is 3.52. The van der Waals surface area contributed by atoms with E-state index in [9.17, 15) is 24.8 Å². The summed E-state index contributed by atoms with van der Waals surface area (Å²) in [4.78, 5) is 39.1. The summed E-state index contributed by atoms with van der Waals surface area (Å²) in [6.07, 6.45) is 10.6. The number of nitrogens with zero attached hydrogens (tertiary/aromatic N) is 2. The van der Waals surface area contributed by atoms with E-state index < -0.39 is 28.0 Å². The maximum Gasteiger partial charge on any atom is 0.395 e. The first-order chi connectivity index (χ1) is 11.5. The van der Waals surface area contributed by atoms with Gasteiger partial charge in [0.05, 0.1) is 22.7 Å². The highest BCUT2D eigenvalue weighted by Crippen LogP contribution is 2.26. The van der Waals surface area contributed by atoms with Crippen LogP contribution in [0.4, 0.5) is 5.69 Å². The van der Waals surface area contributed by atoms with E-state index in [1.165, 1.54) is 18.4 Å². The van der Waals surface area contributed by atoms with Crippen molar-refractivity contribution in [2.24, 2.45) is 5.92 Å². The number of H-pyrrole nitrogens is 1. The minimum absolute atomic E-state index is 0.127. The monoisotopic (exact) mass is 329 g/mol. The largest absolute Gasteiger partial charge is 0.492 e. The van der Waals surface area contributed by atoms with Crippen molar-refractivity contribution in [2.75, 3.05) is 0 Å². The number of ether oxygens (including phenoxy) is 1. The van der Waals surface area contributed by atoms with Crippen LogP contribution in [0.3, 0.4) is 0 Å². The molecule has 3 rings (SSSR count). The molecule has 122 valence electrons. The first-order valence-electron chi connectivity index (χ1n) is 6.88. The molecule has 0 amide bonds. The molecule has 0 aromatic carbocycles. The van der Waals surface area contributed by atoms with Crippen molar-refractivity contribution in [3.63, 3.8) is 0 Å². The molecule has 9 heteroatoms. The van der Waals surface area contributed by atoms with Crippen LogP contribution in [0.2, 0.25) is 0 Å². The molecule has 9 nitrogen and oxygen atoms in total. The standard InChI is InChI=1S/C15H11N3O6/c19-13-8(7-24-10-4-2-1-3-9(10)13)5-6-11-16-14(20)12(18(22)23)15(21)17-11/h1-7,9-10H,(H2,16,17,20,21)/b6-5+/t9-,10-/m1/s1. The molecule has 0 unspecified atom stereocenters. The Morgan fingerprint density at radius 1 is 1.29 bits per heavy atom. The van der Waals surface area contributed by atoms with Crippen molar-refractivity contribution in [2.45, 2.75) is 6.10 Å². The number of rotatable bonds is 3. The highest BCUT2D eigenvalue weighted by Gasteiger charge is 2.31. The maximum absolute atomic E-state index is 12.3. The number of fused-ring (bicyclic) bond motifs is 1. The second-order valence-electron chi connectivity index (χ2n) is 5.05. The Labute approximate surface area is 134 Å². The van der Waals surface area contributed by atoms with Crippen LogP contribution >= 0.6 is 0 Å². The van der Waals surface area contributed by atoms with E-state index in [-0.39, 0.29) is 23.3 Å². The van der Waals surface area contributed by atoms with Gasteiger partial charge in [0.15, 0.2) is 5.78 Å². The Kier molecular flexibility index (Phi) is 3.82. The van der Waals surface area contributed by atoms with Crippen LogP contribution in [0.15, 0.2) is 47.0 Å². The van der Waals surface area contributed by atoms with Gasteiger partial charge in [0.2, 0.25) is 0 Å². The number of nitrogens with one attached hydrogen (secondary N) is 1. The second-order valence-corrected chi connectivity index (χ2v) is 5.05. The summed E-state index contributed by atoms with van der Waals surface area (Å²) in [5, 5.41) is 20.1. The van der Waals surface area contributed by atoms with Gasteiger partial charge in [-0.3, -0.25) is 19.7 Å². The van der Waals surface area contributed by atoms with Gasteiger partial charge < -0.3 is 14.8 Å². The number of Topliss-reactive ketones (excluding diaryl/α,β-unsaturated/α-hetero) is 1. The average Bonchev–Trinajstić information content (AvgIpc) is 2.53. The number of aromatic amines is 1. The average molecular weight is 329 g/mol. The number of hydrogen-bond acceptors (Lipinski definition) is 7. The number of aromatic nitrogens is 2. The Balaban J connectivity index is 1.86. The topological polar surface area (TPSA) is 135 Å². The number of allylic oxidation sites excluding steroid dienone is 4. The number of carbonyl (C=O) groups excluding carboxylic acids is 1. The van der Waals surface area contributed by atoms with Gasteiger partial charge in [-0.1, -0.05) is 18.2 Å². The molecule has 1 aromatic heterocycles. The summed E-state index contributed by atoms with van der Waals surface area (Å²) in [5.41, 5.74) is -1.88. The molecule has 1 aliphatic carbocycles. The van der Waals surface area contributed by atoms with Crippen LogP contribution in [0.1, 0.15) is 5.82 Å². The van der Waals surface area contributed by atoms with Crippen molar-refractivity contribution in [1.29, 1.82) is 0 Å². The third-order valence-electron chi connectivity index (χ3n) is 3.52. The summed E-state index contributed by atoms with van der Waals surface area (Å²) in [7, 11) is 0. The van der Waals surface area contributed by atoms with Gasteiger partial charge in [0.25, 0.3) is 5.88 Å². The van der Waals surface area contributed by atoms with Gasteiger partial charge in [0, 0.05) is 0 Å². The molecular formula is C15H11N3O6. The van der Waals surface area contributed by atoms with E-state index >= 15 is 0 Å². The van der Waals surface area contributed by atoms with Crippen molar-refractivity contribution < 1.29 is 19.6 Å². The van der Waals surface area contributed by atoms with Crippen LogP contribution in [-0.2, 0) is 9.53 Å². The Bertz CT molecular complexity index is 893. The lowest BCUT2D eigenvalue weighted by molar-refractivity contribution is -0.387. The van der Waals surface area contributed by atoms with E-state index in [0.717, 1.165) is 0 Å². The first kappa shape index (κ1) is 15.4. The van der Waals surface area contributed by atoms with Gasteiger partial charge in [-0.25, -0.2) is 0 Å². The molecule has 0 spiro atoms. The van der Waals surface area contributed by atoms with Crippen molar-refractivity contribution in [3.8, 4) is 5.88 Å². The fourth-order valence-corrected chi connectivity index (χ4v) is 2.36. The molecule has 0 fully saturated rings. The van der Waals surface area contributed by atoms with Crippen molar-refractivity contribution in [3.05, 3.63) is 68.5 Å². The predicted octanol–water partition coefficient (Wildman–Crippen LogP) is 0.991. The number of ketones is 1. The zero-order valence-electron chi connectivity index (χ0n) is 12.1. The summed E-state index contributed by atoms with van der Waals surface area (Å²) in [5.74, 6) is -1.73.